The first-order valence-electron chi connectivity index (χ1n) is 9.78. The Morgan fingerprint density at radius 2 is 1.81 bits per heavy atom. The molecule has 0 atom stereocenters. The van der Waals surface area contributed by atoms with Crippen LogP contribution in [0.3, 0.4) is 0 Å². The van der Waals surface area contributed by atoms with Gasteiger partial charge in [-0.15, -0.1) is 0 Å². The molecule has 0 saturated carbocycles. The predicted octanol–water partition coefficient (Wildman–Crippen LogP) is 6.59. The van der Waals surface area contributed by atoms with Crippen LogP contribution in [0, 0.1) is 6.92 Å². The maximum atomic E-state index is 11.1. The molecule has 7 heteroatoms. The number of aromatic carboxylic acids is 1. The van der Waals surface area contributed by atoms with Crippen molar-refractivity contribution in [2.24, 2.45) is 0 Å². The van der Waals surface area contributed by atoms with Gasteiger partial charge in [0.15, 0.2) is 11.5 Å². The molecule has 0 heterocycles. The molecule has 0 aromatic heterocycles. The molecule has 0 aliphatic carbocycles. The summed E-state index contributed by atoms with van der Waals surface area (Å²) >= 11 is 12.6. The van der Waals surface area contributed by atoms with Crippen LogP contribution in [-0.2, 0) is 13.2 Å². The van der Waals surface area contributed by atoms with E-state index in [1.54, 1.807) is 12.1 Å². The van der Waals surface area contributed by atoms with E-state index >= 15 is 0 Å². The number of carboxylic acids is 1. The zero-order chi connectivity index (χ0) is 22.4. The number of hydrogen-bond donors (Lipinski definition) is 2. The molecular formula is C24H23Cl2NO4. The largest absolute Gasteiger partial charge is 0.490 e. The molecule has 0 bridgehead atoms. The number of carboxylic acid groups (broad SMARTS) is 1. The lowest BCUT2D eigenvalue weighted by atomic mass is 10.1. The van der Waals surface area contributed by atoms with Gasteiger partial charge in [-0.3, -0.25) is 0 Å². The van der Waals surface area contributed by atoms with E-state index in [1.807, 2.05) is 50.2 Å². The fraction of sp³-hybridized carbons (Fsp3) is 0.208. The highest BCUT2D eigenvalue weighted by Crippen LogP contribution is 2.37. The maximum Gasteiger partial charge on any atom is 0.337 e. The number of ether oxygens (including phenoxy) is 2. The van der Waals surface area contributed by atoms with Crippen molar-refractivity contribution in [2.75, 3.05) is 11.9 Å². The molecule has 0 fully saturated rings. The van der Waals surface area contributed by atoms with Crippen LogP contribution in [-0.4, -0.2) is 17.7 Å². The lowest BCUT2D eigenvalue weighted by Gasteiger charge is -2.16. The zero-order valence-electron chi connectivity index (χ0n) is 17.2. The summed E-state index contributed by atoms with van der Waals surface area (Å²) < 4.78 is 11.8. The minimum atomic E-state index is -1.06. The third-order valence-corrected chi connectivity index (χ3v) is 5.29. The average molecular weight is 460 g/mol. The van der Waals surface area contributed by atoms with E-state index in [0.717, 1.165) is 16.7 Å². The summed E-state index contributed by atoms with van der Waals surface area (Å²) in [6.45, 7) is 5.24. The van der Waals surface area contributed by atoms with Crippen molar-refractivity contribution < 1.29 is 19.4 Å². The molecule has 3 aromatic carbocycles. The van der Waals surface area contributed by atoms with Crippen molar-refractivity contribution in [3.63, 3.8) is 0 Å². The Hall–Kier alpha value is -2.89. The van der Waals surface area contributed by atoms with Gasteiger partial charge in [0.1, 0.15) is 6.61 Å². The van der Waals surface area contributed by atoms with E-state index in [9.17, 15) is 4.79 Å². The predicted molar refractivity (Wildman–Crippen MR) is 124 cm³/mol. The molecule has 3 rings (SSSR count). The Labute approximate surface area is 191 Å². The molecule has 162 valence electrons. The summed E-state index contributed by atoms with van der Waals surface area (Å²) in [4.78, 5) is 11.1. The highest BCUT2D eigenvalue weighted by Gasteiger charge is 2.14. The second kappa shape index (κ2) is 10.4. The molecule has 5 nitrogen and oxygen atoms in total. The normalized spacial score (nSPS) is 10.6. The molecular weight excluding hydrogens is 437 g/mol. The molecule has 31 heavy (non-hydrogen) atoms. The summed E-state index contributed by atoms with van der Waals surface area (Å²) in [5.74, 6) is 0.00925. The van der Waals surface area contributed by atoms with E-state index in [4.69, 9.17) is 37.8 Å². The van der Waals surface area contributed by atoms with Gasteiger partial charge >= 0.3 is 5.97 Å². The van der Waals surface area contributed by atoms with Crippen molar-refractivity contribution in [2.45, 2.75) is 27.0 Å². The van der Waals surface area contributed by atoms with E-state index in [-0.39, 0.29) is 10.6 Å². The fourth-order valence-corrected chi connectivity index (χ4v) is 3.60. The van der Waals surface area contributed by atoms with Crippen molar-refractivity contribution in [3.8, 4) is 11.5 Å². The van der Waals surface area contributed by atoms with Crippen LogP contribution >= 0.6 is 23.2 Å². The Bertz CT molecular complexity index is 1090. The van der Waals surface area contributed by atoms with Gasteiger partial charge in [0.25, 0.3) is 0 Å². The average Bonchev–Trinajstić information content (AvgIpc) is 2.73. The van der Waals surface area contributed by atoms with Crippen molar-refractivity contribution in [1.82, 2.24) is 0 Å². The maximum absolute atomic E-state index is 11.1. The number of benzene rings is 3. The molecule has 0 spiro atoms. The number of nitrogens with one attached hydrogen (secondary N) is 1. The van der Waals surface area contributed by atoms with Crippen LogP contribution in [0.1, 0.15) is 34.0 Å². The molecule has 0 aliphatic rings. The second-order valence-electron chi connectivity index (χ2n) is 6.91. The fourth-order valence-electron chi connectivity index (χ4n) is 3.05. The van der Waals surface area contributed by atoms with Gasteiger partial charge in [-0.1, -0.05) is 47.5 Å². The van der Waals surface area contributed by atoms with Crippen LogP contribution in [0.4, 0.5) is 5.69 Å². The van der Waals surface area contributed by atoms with Gasteiger partial charge in [0.2, 0.25) is 0 Å². The summed E-state index contributed by atoms with van der Waals surface area (Å²) in [5, 5.41) is 12.9. The van der Waals surface area contributed by atoms with Crippen molar-refractivity contribution in [3.05, 3.63) is 86.9 Å². The van der Waals surface area contributed by atoms with Gasteiger partial charge in [-0.2, -0.15) is 0 Å². The van der Waals surface area contributed by atoms with Gasteiger partial charge < -0.3 is 19.9 Å². The highest BCUT2D eigenvalue weighted by molar-refractivity contribution is 6.33. The van der Waals surface area contributed by atoms with E-state index < -0.39 is 5.97 Å². The Balaban J connectivity index is 1.75. The first-order valence-corrected chi connectivity index (χ1v) is 10.5. The SMILES string of the molecule is CCOc1cc(CNc2ccc(C(=O)O)c(Cl)c2)cc(Cl)c1OCc1ccccc1C. The van der Waals surface area contributed by atoms with Gasteiger partial charge in [0, 0.05) is 12.2 Å². The standard InChI is InChI=1S/C24H23Cl2NO4/c1-3-30-22-11-16(13-27-18-8-9-19(24(28)29)20(25)12-18)10-21(26)23(22)31-14-17-7-5-4-6-15(17)2/h4-12,27H,3,13-14H2,1-2H3,(H,28,29). The monoisotopic (exact) mass is 459 g/mol. The Kier molecular flexibility index (Phi) is 7.66. The van der Waals surface area contributed by atoms with Crippen LogP contribution in [0.2, 0.25) is 10.0 Å². The van der Waals surface area contributed by atoms with Crippen LogP contribution in [0.25, 0.3) is 0 Å². The number of halogens is 2. The van der Waals surface area contributed by atoms with Crippen molar-refractivity contribution in [1.29, 1.82) is 0 Å². The molecule has 0 aliphatic heterocycles. The van der Waals surface area contributed by atoms with Crippen LogP contribution in [0.15, 0.2) is 54.6 Å². The molecule has 0 unspecified atom stereocenters. The first-order chi connectivity index (χ1) is 14.9. The zero-order valence-corrected chi connectivity index (χ0v) is 18.8. The number of carbonyl (C=O) groups is 1. The molecule has 2 N–H and O–H groups in total. The lowest BCUT2D eigenvalue weighted by molar-refractivity contribution is 0.0697. The smallest absolute Gasteiger partial charge is 0.337 e. The van der Waals surface area contributed by atoms with Crippen LogP contribution < -0.4 is 14.8 Å². The summed E-state index contributed by atoms with van der Waals surface area (Å²) in [6.07, 6.45) is 0. The summed E-state index contributed by atoms with van der Waals surface area (Å²) in [7, 11) is 0. The van der Waals surface area contributed by atoms with Gasteiger partial charge in [0.05, 0.1) is 22.2 Å². The third-order valence-electron chi connectivity index (χ3n) is 4.70. The Morgan fingerprint density at radius 3 is 2.48 bits per heavy atom. The highest BCUT2D eigenvalue weighted by atomic mass is 35.5. The number of hydrogen-bond acceptors (Lipinski definition) is 4. The number of anilines is 1. The molecule has 0 saturated heterocycles. The number of aryl methyl sites for hydroxylation is 1. The quantitative estimate of drug-likeness (QED) is 0.377. The summed E-state index contributed by atoms with van der Waals surface area (Å²) in [6, 6.07) is 16.4. The first kappa shape index (κ1) is 22.8. The van der Waals surface area contributed by atoms with E-state index in [1.165, 1.54) is 6.07 Å². The number of rotatable bonds is 9. The lowest BCUT2D eigenvalue weighted by Crippen LogP contribution is -2.05. The second-order valence-corrected chi connectivity index (χ2v) is 7.72. The third kappa shape index (κ3) is 5.84. The van der Waals surface area contributed by atoms with E-state index in [2.05, 4.69) is 5.32 Å². The topological polar surface area (TPSA) is 67.8 Å². The minimum absolute atomic E-state index is 0.0593. The summed E-state index contributed by atoms with van der Waals surface area (Å²) in [5.41, 5.74) is 3.86. The molecule has 0 radical (unpaired) electrons. The van der Waals surface area contributed by atoms with E-state index in [0.29, 0.717) is 42.0 Å². The minimum Gasteiger partial charge on any atom is -0.490 e. The van der Waals surface area contributed by atoms with Crippen LogP contribution in [0.5, 0.6) is 11.5 Å². The molecule has 0 amide bonds. The van der Waals surface area contributed by atoms with Crippen molar-refractivity contribution >= 4 is 34.9 Å². The van der Waals surface area contributed by atoms with Gasteiger partial charge in [-0.25, -0.2) is 4.79 Å². The Morgan fingerprint density at radius 1 is 1.03 bits per heavy atom. The van der Waals surface area contributed by atoms with Gasteiger partial charge in [-0.05, 0) is 60.9 Å². The molecule has 3 aromatic rings.